The summed E-state index contributed by atoms with van der Waals surface area (Å²) in [5, 5.41) is 3.24. The van der Waals surface area contributed by atoms with Crippen LogP contribution in [0.2, 0.25) is 0 Å². The molecule has 1 heterocycles. The van der Waals surface area contributed by atoms with Crippen molar-refractivity contribution in [2.75, 3.05) is 33.3 Å². The molecular weight excluding hydrogens is 267 g/mol. The van der Waals surface area contributed by atoms with Crippen molar-refractivity contribution in [3.63, 3.8) is 0 Å². The molecule has 0 saturated carbocycles. The van der Waals surface area contributed by atoms with Crippen molar-refractivity contribution >= 4 is 0 Å². The third-order valence-corrected chi connectivity index (χ3v) is 4.23. The molecule has 1 aromatic rings. The summed E-state index contributed by atoms with van der Waals surface area (Å²) in [7, 11) is 1.90. The van der Waals surface area contributed by atoms with Gasteiger partial charge in [-0.05, 0) is 45.8 Å². The quantitative estimate of drug-likeness (QED) is 0.837. The lowest BCUT2D eigenvalue weighted by molar-refractivity contribution is 0.00507. The second kappa shape index (κ2) is 8.47. The van der Waals surface area contributed by atoms with Crippen molar-refractivity contribution < 1.29 is 9.13 Å². The monoisotopic (exact) mass is 294 g/mol. The fourth-order valence-corrected chi connectivity index (χ4v) is 3.11. The smallest absolute Gasteiger partial charge is 0.127 e. The average Bonchev–Trinajstić information content (AvgIpc) is 2.50. The molecule has 4 heteroatoms. The molecule has 3 nitrogen and oxygen atoms in total. The van der Waals surface area contributed by atoms with Gasteiger partial charge >= 0.3 is 0 Å². The summed E-state index contributed by atoms with van der Waals surface area (Å²) in [6.07, 6.45) is 3.63. The fraction of sp³-hybridized carbons (Fsp3) is 0.647. The second-order valence-corrected chi connectivity index (χ2v) is 5.67. The number of benzene rings is 1. The van der Waals surface area contributed by atoms with E-state index in [1.165, 1.54) is 12.5 Å². The van der Waals surface area contributed by atoms with Crippen LogP contribution in [0.4, 0.5) is 4.39 Å². The van der Waals surface area contributed by atoms with Crippen molar-refractivity contribution in [2.24, 2.45) is 0 Å². The lowest BCUT2D eigenvalue weighted by Gasteiger charge is -2.33. The van der Waals surface area contributed by atoms with Gasteiger partial charge in [0.1, 0.15) is 5.82 Å². The van der Waals surface area contributed by atoms with Crippen LogP contribution in [0.3, 0.4) is 0 Å². The standard InChI is InChI=1S/C17H27FN2O/c1-3-21-14-7-6-11-20(13-14)12-10-17(19-2)15-8-4-5-9-16(15)18/h4-5,8-9,14,17,19H,3,6-7,10-13H2,1-2H3. The summed E-state index contributed by atoms with van der Waals surface area (Å²) in [6.45, 7) is 5.93. The minimum absolute atomic E-state index is 0.0682. The van der Waals surface area contributed by atoms with Gasteiger partial charge in [0.25, 0.3) is 0 Å². The predicted molar refractivity (Wildman–Crippen MR) is 83.9 cm³/mol. The van der Waals surface area contributed by atoms with Gasteiger partial charge < -0.3 is 15.0 Å². The third kappa shape index (κ3) is 4.77. The Morgan fingerprint density at radius 2 is 2.24 bits per heavy atom. The summed E-state index contributed by atoms with van der Waals surface area (Å²) in [5.74, 6) is -0.123. The molecular formula is C17H27FN2O. The van der Waals surface area contributed by atoms with Crippen LogP contribution >= 0.6 is 0 Å². The first kappa shape index (κ1) is 16.4. The first-order valence-corrected chi connectivity index (χ1v) is 8.00. The lowest BCUT2D eigenvalue weighted by atomic mass is 10.0. The van der Waals surface area contributed by atoms with Crippen LogP contribution in [0.5, 0.6) is 0 Å². The average molecular weight is 294 g/mol. The summed E-state index contributed by atoms with van der Waals surface area (Å²) in [5.41, 5.74) is 0.762. The lowest BCUT2D eigenvalue weighted by Crippen LogP contribution is -2.41. The van der Waals surface area contributed by atoms with Crippen LogP contribution in [-0.2, 0) is 4.74 Å². The van der Waals surface area contributed by atoms with E-state index in [4.69, 9.17) is 4.74 Å². The molecule has 1 aliphatic heterocycles. The van der Waals surface area contributed by atoms with Crippen molar-refractivity contribution in [1.82, 2.24) is 10.2 Å². The van der Waals surface area contributed by atoms with Crippen LogP contribution in [0.15, 0.2) is 24.3 Å². The van der Waals surface area contributed by atoms with E-state index in [-0.39, 0.29) is 11.9 Å². The number of hydrogen-bond acceptors (Lipinski definition) is 3. The van der Waals surface area contributed by atoms with Gasteiger partial charge in [0.05, 0.1) is 6.10 Å². The number of nitrogens with one attached hydrogen (secondary N) is 1. The van der Waals surface area contributed by atoms with Gasteiger partial charge in [-0.25, -0.2) is 4.39 Å². The molecule has 21 heavy (non-hydrogen) atoms. The van der Waals surface area contributed by atoms with Crippen molar-refractivity contribution in [2.45, 2.75) is 38.3 Å². The van der Waals surface area contributed by atoms with E-state index in [9.17, 15) is 4.39 Å². The van der Waals surface area contributed by atoms with Gasteiger partial charge in [0.15, 0.2) is 0 Å². The minimum Gasteiger partial charge on any atom is -0.377 e. The van der Waals surface area contributed by atoms with Crippen LogP contribution in [0.25, 0.3) is 0 Å². The number of halogens is 1. The number of piperidine rings is 1. The number of likely N-dealkylation sites (tertiary alicyclic amines) is 1. The second-order valence-electron chi connectivity index (χ2n) is 5.67. The zero-order valence-electron chi connectivity index (χ0n) is 13.1. The molecule has 2 rings (SSSR count). The van der Waals surface area contributed by atoms with Gasteiger partial charge in [0, 0.05) is 31.3 Å². The summed E-state index contributed by atoms with van der Waals surface area (Å²) >= 11 is 0. The Morgan fingerprint density at radius 3 is 2.95 bits per heavy atom. The van der Waals surface area contributed by atoms with E-state index >= 15 is 0 Å². The van der Waals surface area contributed by atoms with Crippen molar-refractivity contribution in [3.8, 4) is 0 Å². The molecule has 1 aromatic carbocycles. The first-order chi connectivity index (χ1) is 10.2. The van der Waals surface area contributed by atoms with Gasteiger partial charge in [-0.3, -0.25) is 0 Å². The molecule has 0 radical (unpaired) electrons. The van der Waals surface area contributed by atoms with Crippen LogP contribution < -0.4 is 5.32 Å². The minimum atomic E-state index is -0.123. The topological polar surface area (TPSA) is 24.5 Å². The van der Waals surface area contributed by atoms with E-state index in [0.29, 0.717) is 6.10 Å². The van der Waals surface area contributed by atoms with Gasteiger partial charge in [0.2, 0.25) is 0 Å². The molecule has 0 bridgehead atoms. The molecule has 0 aliphatic carbocycles. The van der Waals surface area contributed by atoms with Crippen LogP contribution in [0, 0.1) is 5.82 Å². The highest BCUT2D eigenvalue weighted by molar-refractivity contribution is 5.21. The Kier molecular flexibility index (Phi) is 6.61. The highest BCUT2D eigenvalue weighted by Gasteiger charge is 2.21. The number of hydrogen-bond donors (Lipinski definition) is 1. The van der Waals surface area contributed by atoms with E-state index in [1.807, 2.05) is 26.1 Å². The largest absolute Gasteiger partial charge is 0.377 e. The van der Waals surface area contributed by atoms with E-state index in [2.05, 4.69) is 10.2 Å². The summed E-state index contributed by atoms with van der Waals surface area (Å²) in [6, 6.07) is 7.11. The molecule has 0 aromatic heterocycles. The fourth-order valence-electron chi connectivity index (χ4n) is 3.11. The third-order valence-electron chi connectivity index (χ3n) is 4.23. The molecule has 1 fully saturated rings. The number of ether oxygens (including phenoxy) is 1. The van der Waals surface area contributed by atoms with E-state index in [1.54, 1.807) is 6.07 Å². The van der Waals surface area contributed by atoms with Gasteiger partial charge in [-0.15, -0.1) is 0 Å². The maximum absolute atomic E-state index is 13.9. The molecule has 1 N–H and O–H groups in total. The highest BCUT2D eigenvalue weighted by Crippen LogP contribution is 2.21. The van der Waals surface area contributed by atoms with Crippen LogP contribution in [-0.4, -0.2) is 44.3 Å². The first-order valence-electron chi connectivity index (χ1n) is 8.00. The van der Waals surface area contributed by atoms with Crippen molar-refractivity contribution in [1.29, 1.82) is 0 Å². The Hall–Kier alpha value is -0.970. The number of nitrogens with zero attached hydrogens (tertiary/aromatic N) is 1. The van der Waals surface area contributed by atoms with E-state index in [0.717, 1.165) is 44.6 Å². The zero-order chi connectivity index (χ0) is 15.1. The Labute approximate surface area is 127 Å². The highest BCUT2D eigenvalue weighted by atomic mass is 19.1. The summed E-state index contributed by atoms with van der Waals surface area (Å²) < 4.78 is 19.6. The molecule has 118 valence electrons. The maximum Gasteiger partial charge on any atom is 0.127 e. The summed E-state index contributed by atoms with van der Waals surface area (Å²) in [4.78, 5) is 2.44. The maximum atomic E-state index is 13.9. The SMILES string of the molecule is CCOC1CCCN(CCC(NC)c2ccccc2F)C1. The van der Waals surface area contributed by atoms with Crippen molar-refractivity contribution in [3.05, 3.63) is 35.6 Å². The van der Waals surface area contributed by atoms with E-state index < -0.39 is 0 Å². The predicted octanol–water partition coefficient (Wildman–Crippen LogP) is 2.98. The Morgan fingerprint density at radius 1 is 1.43 bits per heavy atom. The molecule has 2 atom stereocenters. The van der Waals surface area contributed by atoms with Crippen LogP contribution in [0.1, 0.15) is 37.8 Å². The van der Waals surface area contributed by atoms with Gasteiger partial charge in [-0.1, -0.05) is 18.2 Å². The zero-order valence-corrected chi connectivity index (χ0v) is 13.1. The molecule has 2 unspecified atom stereocenters. The molecule has 1 saturated heterocycles. The molecule has 1 aliphatic rings. The van der Waals surface area contributed by atoms with Gasteiger partial charge in [-0.2, -0.15) is 0 Å². The molecule has 0 spiro atoms. The molecule has 0 amide bonds. The Balaban J connectivity index is 1.87. The Bertz CT molecular complexity index is 425. The normalized spacial score (nSPS) is 21.4. The number of rotatable bonds is 7.